The van der Waals surface area contributed by atoms with Gasteiger partial charge in [0.05, 0.1) is 0 Å². The maximum Gasteiger partial charge on any atom is 0.0234 e. The van der Waals surface area contributed by atoms with Crippen LogP contribution in [0.15, 0.2) is 22.8 Å². The lowest BCUT2D eigenvalue weighted by molar-refractivity contribution is 0.156. The van der Waals surface area contributed by atoms with Gasteiger partial charge in [-0.15, -0.1) is 6.42 Å². The molecule has 0 spiro atoms. The molecule has 0 aromatic rings. The molecule has 0 nitrogen and oxygen atoms in total. The predicted octanol–water partition coefficient (Wildman–Crippen LogP) is 4.73. The van der Waals surface area contributed by atoms with Crippen LogP contribution in [0, 0.1) is 29.6 Å². The first-order valence-corrected chi connectivity index (χ1v) is 6.93. The topological polar surface area (TPSA) is 0 Å². The van der Waals surface area contributed by atoms with Gasteiger partial charge in [0.2, 0.25) is 0 Å². The maximum atomic E-state index is 5.65. The lowest BCUT2D eigenvalue weighted by atomic mass is 9.63. The highest BCUT2D eigenvalue weighted by atomic mass is 14.5. The molecule has 0 atom stereocenters. The molecule has 92 valence electrons. The molecule has 0 aliphatic heterocycles. The van der Waals surface area contributed by atoms with Crippen molar-refractivity contribution < 1.29 is 0 Å². The van der Waals surface area contributed by atoms with Crippen molar-refractivity contribution in [2.24, 2.45) is 17.3 Å². The second-order valence-corrected chi connectivity index (χ2v) is 6.11. The van der Waals surface area contributed by atoms with Crippen molar-refractivity contribution in [1.29, 1.82) is 0 Å². The van der Waals surface area contributed by atoms with E-state index in [4.69, 9.17) is 6.42 Å². The van der Waals surface area contributed by atoms with E-state index >= 15 is 0 Å². The molecule has 0 unspecified atom stereocenters. The molecule has 0 saturated heterocycles. The van der Waals surface area contributed by atoms with Gasteiger partial charge in [-0.05, 0) is 48.5 Å². The van der Waals surface area contributed by atoms with Crippen LogP contribution in [0.5, 0.6) is 0 Å². The van der Waals surface area contributed by atoms with E-state index in [1.807, 2.05) is 0 Å². The average molecular weight is 228 g/mol. The summed E-state index contributed by atoms with van der Waals surface area (Å²) in [6.07, 6.45) is 12.8. The Morgan fingerprint density at radius 1 is 1.18 bits per heavy atom. The lowest BCUT2D eigenvalue weighted by Crippen LogP contribution is -2.33. The van der Waals surface area contributed by atoms with E-state index in [0.717, 1.165) is 6.42 Å². The molecule has 0 heteroatoms. The number of terminal acetylenes is 1. The second-order valence-electron chi connectivity index (χ2n) is 6.11. The van der Waals surface area contributed by atoms with E-state index in [9.17, 15) is 0 Å². The monoisotopic (exact) mass is 228 g/mol. The predicted molar refractivity (Wildman–Crippen MR) is 74.5 cm³/mol. The fourth-order valence-corrected chi connectivity index (χ4v) is 4.17. The zero-order chi connectivity index (χ0) is 12.6. The van der Waals surface area contributed by atoms with Crippen molar-refractivity contribution in [3.8, 4) is 12.3 Å². The summed E-state index contributed by atoms with van der Waals surface area (Å²) in [5.74, 6) is 4.32. The normalized spacial score (nSPS) is 22.8. The Hall–Kier alpha value is -0.960. The molecule has 0 aromatic heterocycles. The van der Waals surface area contributed by atoms with Crippen LogP contribution in [-0.2, 0) is 0 Å². The SMILES string of the molecule is C#CC1=CCCC2=C1CCC2(C(C)C)C(C)C. The third kappa shape index (κ3) is 1.68. The lowest BCUT2D eigenvalue weighted by Gasteiger charge is -2.41. The molecule has 0 fully saturated rings. The van der Waals surface area contributed by atoms with Gasteiger partial charge in [-0.3, -0.25) is 0 Å². The Labute approximate surface area is 106 Å². The first-order chi connectivity index (χ1) is 8.04. The summed E-state index contributed by atoms with van der Waals surface area (Å²) >= 11 is 0. The van der Waals surface area contributed by atoms with Gasteiger partial charge in [0.1, 0.15) is 0 Å². The van der Waals surface area contributed by atoms with Gasteiger partial charge < -0.3 is 0 Å². The van der Waals surface area contributed by atoms with Gasteiger partial charge >= 0.3 is 0 Å². The number of hydrogen-bond acceptors (Lipinski definition) is 0. The van der Waals surface area contributed by atoms with Gasteiger partial charge in [-0.1, -0.05) is 45.3 Å². The molecule has 0 saturated carbocycles. The van der Waals surface area contributed by atoms with E-state index < -0.39 is 0 Å². The summed E-state index contributed by atoms with van der Waals surface area (Å²) < 4.78 is 0. The van der Waals surface area contributed by atoms with Gasteiger partial charge in [0.15, 0.2) is 0 Å². The third-order valence-corrected chi connectivity index (χ3v) is 5.00. The van der Waals surface area contributed by atoms with Crippen LogP contribution >= 0.6 is 0 Å². The Bertz CT molecular complexity index is 402. The van der Waals surface area contributed by atoms with Crippen LogP contribution in [0.25, 0.3) is 0 Å². The molecule has 0 amide bonds. The largest absolute Gasteiger partial charge is 0.115 e. The molecular formula is C17H24. The summed E-state index contributed by atoms with van der Waals surface area (Å²) in [4.78, 5) is 0. The van der Waals surface area contributed by atoms with Gasteiger partial charge in [-0.2, -0.15) is 0 Å². The number of rotatable bonds is 2. The van der Waals surface area contributed by atoms with Crippen LogP contribution < -0.4 is 0 Å². The quantitative estimate of drug-likeness (QED) is 0.599. The Balaban J connectivity index is 2.51. The minimum absolute atomic E-state index is 0.408. The van der Waals surface area contributed by atoms with Gasteiger partial charge in [-0.25, -0.2) is 0 Å². The molecular weight excluding hydrogens is 204 g/mol. The highest BCUT2D eigenvalue weighted by Gasteiger charge is 2.45. The Kier molecular flexibility index (Phi) is 3.21. The van der Waals surface area contributed by atoms with E-state index in [2.05, 4.69) is 39.7 Å². The van der Waals surface area contributed by atoms with E-state index in [-0.39, 0.29) is 0 Å². The summed E-state index contributed by atoms with van der Waals surface area (Å²) in [5, 5.41) is 0. The third-order valence-electron chi connectivity index (χ3n) is 5.00. The first-order valence-electron chi connectivity index (χ1n) is 6.93. The van der Waals surface area contributed by atoms with E-state index in [0.29, 0.717) is 17.3 Å². The summed E-state index contributed by atoms with van der Waals surface area (Å²) in [6, 6.07) is 0. The summed E-state index contributed by atoms with van der Waals surface area (Å²) in [6.45, 7) is 9.52. The van der Waals surface area contributed by atoms with Crippen molar-refractivity contribution in [3.63, 3.8) is 0 Å². The molecule has 2 aliphatic rings. The molecule has 17 heavy (non-hydrogen) atoms. The molecule has 0 N–H and O–H groups in total. The van der Waals surface area contributed by atoms with Crippen LogP contribution in [0.3, 0.4) is 0 Å². The van der Waals surface area contributed by atoms with Gasteiger partial charge in [0.25, 0.3) is 0 Å². The first kappa shape index (κ1) is 12.5. The summed E-state index contributed by atoms with van der Waals surface area (Å²) in [7, 11) is 0. The molecule has 0 bridgehead atoms. The summed E-state index contributed by atoms with van der Waals surface area (Å²) in [5.41, 5.74) is 4.81. The maximum absolute atomic E-state index is 5.65. The Morgan fingerprint density at radius 3 is 2.35 bits per heavy atom. The average Bonchev–Trinajstić information content (AvgIpc) is 2.69. The molecule has 0 heterocycles. The number of hydrogen-bond donors (Lipinski definition) is 0. The fraction of sp³-hybridized carbons (Fsp3) is 0.647. The molecule has 0 radical (unpaired) electrons. The highest BCUT2D eigenvalue weighted by molar-refractivity contribution is 5.53. The van der Waals surface area contributed by atoms with Gasteiger partial charge in [0, 0.05) is 5.57 Å². The smallest absolute Gasteiger partial charge is 0.0234 e. The van der Waals surface area contributed by atoms with Crippen molar-refractivity contribution in [3.05, 3.63) is 22.8 Å². The zero-order valence-electron chi connectivity index (χ0n) is 11.6. The van der Waals surface area contributed by atoms with Crippen molar-refractivity contribution in [2.75, 3.05) is 0 Å². The highest BCUT2D eigenvalue weighted by Crippen LogP contribution is 2.57. The minimum atomic E-state index is 0.408. The minimum Gasteiger partial charge on any atom is -0.115 e. The van der Waals surface area contributed by atoms with Crippen LogP contribution in [0.1, 0.15) is 53.4 Å². The molecule has 2 rings (SSSR count). The standard InChI is InChI=1S/C17H24/c1-6-14-8-7-9-16-15(14)10-11-17(16,12(2)3)13(4)5/h1,8,12-13H,7,9-11H2,2-5H3. The molecule has 0 aromatic carbocycles. The van der Waals surface area contributed by atoms with E-state index in [1.54, 1.807) is 5.57 Å². The molecule has 2 aliphatic carbocycles. The van der Waals surface area contributed by atoms with Crippen LogP contribution in [-0.4, -0.2) is 0 Å². The van der Waals surface area contributed by atoms with Crippen molar-refractivity contribution >= 4 is 0 Å². The number of allylic oxidation sites excluding steroid dienone is 4. The van der Waals surface area contributed by atoms with Crippen LogP contribution in [0.2, 0.25) is 0 Å². The fourth-order valence-electron chi connectivity index (χ4n) is 4.17. The van der Waals surface area contributed by atoms with Crippen molar-refractivity contribution in [2.45, 2.75) is 53.4 Å². The van der Waals surface area contributed by atoms with Crippen LogP contribution in [0.4, 0.5) is 0 Å². The van der Waals surface area contributed by atoms with E-state index in [1.165, 1.54) is 30.4 Å². The zero-order valence-corrected chi connectivity index (χ0v) is 11.6. The van der Waals surface area contributed by atoms with Crippen molar-refractivity contribution in [1.82, 2.24) is 0 Å². The second kappa shape index (κ2) is 4.37. The Morgan fingerprint density at radius 2 is 1.82 bits per heavy atom.